The van der Waals surface area contributed by atoms with Crippen LogP contribution in [0.4, 0.5) is 13.2 Å². The van der Waals surface area contributed by atoms with E-state index in [2.05, 4.69) is 5.32 Å². The number of aryl methyl sites for hydroxylation is 1. The van der Waals surface area contributed by atoms with Crippen LogP contribution in [0.15, 0.2) is 66.7 Å². The number of amides is 1. The highest BCUT2D eigenvalue weighted by atomic mass is 19.4. The van der Waals surface area contributed by atoms with Gasteiger partial charge >= 0.3 is 12.1 Å². The second-order valence-corrected chi connectivity index (χ2v) is 11.4. The lowest BCUT2D eigenvalue weighted by molar-refractivity contribution is -0.147. The minimum Gasteiger partial charge on any atom is -0.485 e. The molecule has 43 heavy (non-hydrogen) atoms. The van der Waals surface area contributed by atoms with E-state index in [1.807, 2.05) is 37.3 Å². The molecule has 4 rings (SSSR count). The quantitative estimate of drug-likeness (QED) is 0.225. The van der Waals surface area contributed by atoms with Gasteiger partial charge in [0.1, 0.15) is 11.9 Å². The maximum Gasteiger partial charge on any atom is 0.416 e. The number of hydrogen-bond donors (Lipinski definition) is 1. The topological polar surface area (TPSA) is 64.6 Å². The van der Waals surface area contributed by atoms with Crippen LogP contribution < -0.4 is 10.1 Å². The fourth-order valence-corrected chi connectivity index (χ4v) is 5.51. The Hall–Kier alpha value is -3.81. The summed E-state index contributed by atoms with van der Waals surface area (Å²) in [4.78, 5) is 24.6. The molecule has 5 nitrogen and oxygen atoms in total. The SMILES string of the molecule is CCOC(=O)[C@@H](C)CNC(=O)c1ccc(OC(CC2CCCCC2)c2ccc(-c3ccc(C(F)(F)F)cc3)cc2)c(C)c1. The van der Waals surface area contributed by atoms with Crippen LogP contribution in [0.25, 0.3) is 11.1 Å². The molecule has 3 aromatic carbocycles. The molecule has 1 unspecified atom stereocenters. The smallest absolute Gasteiger partial charge is 0.416 e. The molecule has 0 aliphatic heterocycles. The number of hydrogen-bond acceptors (Lipinski definition) is 4. The van der Waals surface area contributed by atoms with E-state index in [0.29, 0.717) is 29.4 Å². The van der Waals surface area contributed by atoms with Gasteiger partial charge in [-0.25, -0.2) is 0 Å². The van der Waals surface area contributed by atoms with E-state index in [9.17, 15) is 22.8 Å². The van der Waals surface area contributed by atoms with Crippen LogP contribution >= 0.6 is 0 Å². The van der Waals surface area contributed by atoms with Gasteiger partial charge in [-0.1, -0.05) is 75.4 Å². The predicted molar refractivity (Wildman–Crippen MR) is 161 cm³/mol. The first kappa shape index (κ1) is 32.1. The third-order valence-corrected chi connectivity index (χ3v) is 8.06. The van der Waals surface area contributed by atoms with Gasteiger partial charge in [0, 0.05) is 12.1 Å². The standard InChI is InChI=1S/C35H40F3NO4/c1-4-42-34(41)24(3)22-39-33(40)29-16-19-31(23(2)20-29)43-32(21-25-8-6-5-7-9-25)28-12-10-26(11-13-28)27-14-17-30(18-15-27)35(36,37)38/h10-20,24-25,32H,4-9,21-22H2,1-3H3,(H,39,40)/t24-,32?/m0/s1. The highest BCUT2D eigenvalue weighted by molar-refractivity contribution is 5.94. The van der Waals surface area contributed by atoms with Crippen LogP contribution in [0.1, 0.15) is 85.5 Å². The lowest BCUT2D eigenvalue weighted by atomic mass is 9.84. The number of ether oxygens (including phenoxy) is 2. The summed E-state index contributed by atoms with van der Waals surface area (Å²) >= 11 is 0. The highest BCUT2D eigenvalue weighted by Gasteiger charge is 2.30. The van der Waals surface area contributed by atoms with Crippen LogP contribution in [0, 0.1) is 18.8 Å². The predicted octanol–water partition coefficient (Wildman–Crippen LogP) is 8.70. The summed E-state index contributed by atoms with van der Waals surface area (Å²) in [5.74, 6) is 0.158. The molecule has 0 spiro atoms. The van der Waals surface area contributed by atoms with Crippen molar-refractivity contribution in [1.29, 1.82) is 0 Å². The van der Waals surface area contributed by atoms with Gasteiger partial charge in [0.15, 0.2) is 0 Å². The molecule has 1 N–H and O–H groups in total. The molecule has 1 aliphatic carbocycles. The second-order valence-electron chi connectivity index (χ2n) is 11.4. The summed E-state index contributed by atoms with van der Waals surface area (Å²) in [6, 6.07) is 18.3. The molecule has 1 aliphatic rings. The average molecular weight is 596 g/mol. The van der Waals surface area contributed by atoms with E-state index in [0.717, 1.165) is 48.1 Å². The van der Waals surface area contributed by atoms with Crippen molar-refractivity contribution in [1.82, 2.24) is 5.32 Å². The van der Waals surface area contributed by atoms with Gasteiger partial charge in [0.25, 0.3) is 5.91 Å². The first-order valence-electron chi connectivity index (χ1n) is 15.0. The van der Waals surface area contributed by atoms with Crippen molar-refractivity contribution in [2.24, 2.45) is 11.8 Å². The lowest BCUT2D eigenvalue weighted by Gasteiger charge is -2.28. The number of benzene rings is 3. The summed E-state index contributed by atoms with van der Waals surface area (Å²) < 4.78 is 50.6. The van der Waals surface area contributed by atoms with E-state index in [1.165, 1.54) is 31.4 Å². The van der Waals surface area contributed by atoms with Gasteiger partial charge in [0.05, 0.1) is 18.1 Å². The monoisotopic (exact) mass is 595 g/mol. The van der Waals surface area contributed by atoms with Crippen molar-refractivity contribution in [3.63, 3.8) is 0 Å². The van der Waals surface area contributed by atoms with Crippen LogP contribution in [-0.4, -0.2) is 25.0 Å². The summed E-state index contributed by atoms with van der Waals surface area (Å²) in [5.41, 5.74) is 3.17. The molecule has 0 saturated heterocycles. The van der Waals surface area contributed by atoms with Gasteiger partial charge in [-0.15, -0.1) is 0 Å². The third-order valence-electron chi connectivity index (χ3n) is 8.06. The lowest BCUT2D eigenvalue weighted by Crippen LogP contribution is -2.32. The Labute approximate surface area is 251 Å². The zero-order chi connectivity index (χ0) is 31.0. The molecule has 2 atom stereocenters. The third kappa shape index (κ3) is 8.85. The van der Waals surface area contributed by atoms with Crippen molar-refractivity contribution in [2.75, 3.05) is 13.2 Å². The number of carbonyl (C=O) groups excluding carboxylic acids is 2. The molecule has 1 saturated carbocycles. The molecule has 0 heterocycles. The molecule has 0 aromatic heterocycles. The van der Waals surface area contributed by atoms with Gasteiger partial charge in [-0.2, -0.15) is 13.2 Å². The van der Waals surface area contributed by atoms with Crippen molar-refractivity contribution in [3.8, 4) is 16.9 Å². The van der Waals surface area contributed by atoms with Crippen molar-refractivity contribution in [3.05, 3.63) is 89.0 Å². The molecule has 0 radical (unpaired) electrons. The Morgan fingerprint density at radius 2 is 1.56 bits per heavy atom. The maximum atomic E-state index is 13.0. The van der Waals surface area contributed by atoms with Crippen LogP contribution in [0.2, 0.25) is 0 Å². The zero-order valence-corrected chi connectivity index (χ0v) is 25.0. The Morgan fingerprint density at radius 1 is 0.930 bits per heavy atom. The Morgan fingerprint density at radius 3 is 2.14 bits per heavy atom. The van der Waals surface area contributed by atoms with E-state index >= 15 is 0 Å². The van der Waals surface area contributed by atoms with Gasteiger partial charge in [0.2, 0.25) is 0 Å². The molecule has 8 heteroatoms. The summed E-state index contributed by atoms with van der Waals surface area (Å²) in [7, 11) is 0. The molecular weight excluding hydrogens is 555 g/mol. The molecule has 1 amide bonds. The summed E-state index contributed by atoms with van der Waals surface area (Å²) in [5, 5.41) is 2.80. The Bertz CT molecular complexity index is 1360. The largest absolute Gasteiger partial charge is 0.485 e. The minimum absolute atomic E-state index is 0.181. The number of halogens is 3. The normalized spacial score (nSPS) is 15.4. The van der Waals surface area contributed by atoms with Gasteiger partial charge in [-0.05, 0) is 78.8 Å². The number of rotatable bonds is 11. The van der Waals surface area contributed by atoms with Crippen molar-refractivity contribution >= 4 is 11.9 Å². The second kappa shape index (κ2) is 14.6. The zero-order valence-electron chi connectivity index (χ0n) is 25.0. The molecule has 230 valence electrons. The van der Waals surface area contributed by atoms with Gasteiger partial charge in [-0.3, -0.25) is 9.59 Å². The van der Waals surface area contributed by atoms with Crippen LogP contribution in [0.5, 0.6) is 5.75 Å². The van der Waals surface area contributed by atoms with Crippen molar-refractivity contribution in [2.45, 2.75) is 71.6 Å². The molecule has 3 aromatic rings. The fraction of sp³-hybridized carbons (Fsp3) is 0.429. The van der Waals surface area contributed by atoms with Crippen LogP contribution in [0.3, 0.4) is 0 Å². The molecular formula is C35H40F3NO4. The Balaban J connectivity index is 1.49. The number of nitrogens with one attached hydrogen (secondary N) is 1. The van der Waals surface area contributed by atoms with E-state index in [1.54, 1.807) is 26.0 Å². The van der Waals surface area contributed by atoms with E-state index < -0.39 is 17.7 Å². The Kier molecular flexibility index (Phi) is 10.9. The van der Waals surface area contributed by atoms with E-state index in [-0.39, 0.29) is 24.5 Å². The minimum atomic E-state index is -4.37. The number of alkyl halides is 3. The first-order valence-corrected chi connectivity index (χ1v) is 15.0. The number of carbonyl (C=O) groups is 2. The highest BCUT2D eigenvalue weighted by Crippen LogP contribution is 2.37. The fourth-order valence-electron chi connectivity index (χ4n) is 5.51. The van der Waals surface area contributed by atoms with E-state index in [4.69, 9.17) is 9.47 Å². The van der Waals surface area contributed by atoms with Gasteiger partial charge < -0.3 is 14.8 Å². The molecule has 0 bridgehead atoms. The average Bonchev–Trinajstić information content (AvgIpc) is 3.00. The summed E-state index contributed by atoms with van der Waals surface area (Å²) in [6.45, 7) is 5.83. The maximum absolute atomic E-state index is 13.0. The first-order chi connectivity index (χ1) is 20.5. The van der Waals surface area contributed by atoms with Crippen LogP contribution in [-0.2, 0) is 15.7 Å². The number of esters is 1. The molecule has 1 fully saturated rings. The summed E-state index contributed by atoms with van der Waals surface area (Å²) in [6.07, 6.45) is 2.27. The van der Waals surface area contributed by atoms with Crippen molar-refractivity contribution < 1.29 is 32.2 Å².